The first-order valence-electron chi connectivity index (χ1n) is 12.0. The number of benzene rings is 4. The second kappa shape index (κ2) is 12.5. The fourth-order valence-corrected chi connectivity index (χ4v) is 5.89. The van der Waals surface area contributed by atoms with Crippen molar-refractivity contribution in [3.05, 3.63) is 125 Å². The van der Waals surface area contributed by atoms with Gasteiger partial charge in [-0.1, -0.05) is 57.3 Å². The van der Waals surface area contributed by atoms with E-state index in [4.69, 9.17) is 27.9 Å². The molecule has 9 nitrogen and oxygen atoms in total. The van der Waals surface area contributed by atoms with Crippen LogP contribution in [-0.2, 0) is 0 Å². The van der Waals surface area contributed by atoms with Crippen LogP contribution in [0.15, 0.2) is 92.9 Å². The average molecular weight is 731 g/mol. The van der Waals surface area contributed by atoms with Crippen LogP contribution >= 0.6 is 55.1 Å². The van der Waals surface area contributed by atoms with E-state index in [1.165, 1.54) is 30.5 Å². The molecule has 13 heteroatoms. The average Bonchev–Trinajstić information content (AvgIpc) is 3.33. The monoisotopic (exact) mass is 728 g/mol. The van der Waals surface area contributed by atoms with Gasteiger partial charge in [-0.25, -0.2) is 10.2 Å². The molecule has 0 aliphatic heterocycles. The van der Waals surface area contributed by atoms with Gasteiger partial charge in [-0.05, 0) is 64.5 Å². The molecule has 5 rings (SSSR count). The molecule has 0 atom stereocenters. The van der Waals surface area contributed by atoms with E-state index in [0.717, 1.165) is 0 Å². The number of hydrogen-bond donors (Lipinski definition) is 2. The molecule has 0 spiro atoms. The zero-order valence-corrected chi connectivity index (χ0v) is 25.7. The van der Waals surface area contributed by atoms with E-state index in [1.807, 2.05) is 6.07 Å². The molecule has 2 N–H and O–H groups in total. The van der Waals surface area contributed by atoms with Crippen molar-refractivity contribution in [1.82, 2.24) is 10.4 Å². The number of nitro groups is 1. The van der Waals surface area contributed by atoms with Crippen LogP contribution in [0, 0.1) is 10.1 Å². The maximum absolute atomic E-state index is 13.4. The van der Waals surface area contributed by atoms with Gasteiger partial charge in [0.15, 0.2) is 5.75 Å². The molecule has 0 bridgehead atoms. The number of non-ortho nitro benzene ring substituents is 1. The molecule has 0 fully saturated rings. The highest BCUT2D eigenvalue weighted by Crippen LogP contribution is 2.38. The number of carbonyl (C=O) groups is 2. The molecular formula is C29H16Br2Cl2N4O5. The number of aromatic amines is 1. The highest BCUT2D eigenvalue weighted by Gasteiger charge is 2.21. The molecule has 0 radical (unpaired) electrons. The van der Waals surface area contributed by atoms with E-state index in [-0.39, 0.29) is 22.7 Å². The number of nitrogens with zero attached hydrogens (tertiary/aromatic N) is 2. The zero-order valence-electron chi connectivity index (χ0n) is 21.0. The number of esters is 1. The molecular weight excluding hydrogens is 715 g/mol. The number of hydrogen-bond acceptors (Lipinski definition) is 6. The molecule has 0 saturated heterocycles. The van der Waals surface area contributed by atoms with Gasteiger partial charge in [-0.15, -0.1) is 0 Å². The topological polar surface area (TPSA) is 127 Å². The number of hydrazone groups is 1. The third kappa shape index (κ3) is 6.24. The smallest absolute Gasteiger partial charge is 0.343 e. The van der Waals surface area contributed by atoms with E-state index in [9.17, 15) is 19.7 Å². The Morgan fingerprint density at radius 2 is 1.74 bits per heavy atom. The SMILES string of the molecule is O=C(Oc1c(Br)cc(Br)cc1C=NNC(=O)c1[nH]c2ccc(Cl)cc2c1-c1ccccc1Cl)c1ccc([N+](=O)[O-])cc1. The third-order valence-corrected chi connectivity index (χ3v) is 7.66. The summed E-state index contributed by atoms with van der Waals surface area (Å²) in [5, 5.41) is 16.7. The number of nitro benzene ring substituents is 1. The molecule has 0 aliphatic carbocycles. The first-order valence-corrected chi connectivity index (χ1v) is 14.3. The summed E-state index contributed by atoms with van der Waals surface area (Å²) < 4.78 is 6.66. The number of rotatable bonds is 7. The Morgan fingerprint density at radius 1 is 1.00 bits per heavy atom. The van der Waals surface area contributed by atoms with Gasteiger partial charge in [0.05, 0.1) is 21.2 Å². The molecule has 42 heavy (non-hydrogen) atoms. The lowest BCUT2D eigenvalue weighted by Gasteiger charge is -2.11. The van der Waals surface area contributed by atoms with Crippen molar-refractivity contribution in [2.75, 3.05) is 0 Å². The third-order valence-electron chi connectivity index (χ3n) is 6.05. The Balaban J connectivity index is 1.43. The molecule has 1 amide bonds. The molecule has 4 aromatic carbocycles. The highest BCUT2D eigenvalue weighted by atomic mass is 79.9. The molecule has 1 aromatic heterocycles. The van der Waals surface area contributed by atoms with Crippen LogP contribution in [-0.4, -0.2) is 28.0 Å². The first-order chi connectivity index (χ1) is 20.1. The number of carbonyl (C=O) groups excluding carboxylic acids is 2. The van der Waals surface area contributed by atoms with Crippen molar-refractivity contribution < 1.29 is 19.2 Å². The van der Waals surface area contributed by atoms with Crippen LogP contribution in [0.2, 0.25) is 10.0 Å². The lowest BCUT2D eigenvalue weighted by Crippen LogP contribution is -2.19. The number of nitrogens with one attached hydrogen (secondary N) is 2. The van der Waals surface area contributed by atoms with Gasteiger partial charge in [-0.2, -0.15) is 5.10 Å². The molecule has 0 unspecified atom stereocenters. The number of aromatic nitrogens is 1. The van der Waals surface area contributed by atoms with Crippen LogP contribution in [0.25, 0.3) is 22.0 Å². The van der Waals surface area contributed by atoms with E-state index in [1.54, 1.807) is 48.5 Å². The maximum atomic E-state index is 13.4. The number of halogens is 4. The molecule has 210 valence electrons. The summed E-state index contributed by atoms with van der Waals surface area (Å²) in [4.78, 5) is 39.6. The van der Waals surface area contributed by atoms with Crippen molar-refractivity contribution in [2.45, 2.75) is 0 Å². The minimum Gasteiger partial charge on any atom is -0.421 e. The van der Waals surface area contributed by atoms with Crippen LogP contribution < -0.4 is 10.2 Å². The minimum atomic E-state index is -0.743. The molecule has 0 aliphatic rings. The van der Waals surface area contributed by atoms with Gasteiger partial charge in [-0.3, -0.25) is 14.9 Å². The van der Waals surface area contributed by atoms with Crippen molar-refractivity contribution in [3.63, 3.8) is 0 Å². The summed E-state index contributed by atoms with van der Waals surface area (Å²) in [6.07, 6.45) is 1.32. The van der Waals surface area contributed by atoms with Crippen LogP contribution in [0.3, 0.4) is 0 Å². The second-order valence-corrected chi connectivity index (χ2v) is 11.4. The fourth-order valence-electron chi connectivity index (χ4n) is 4.15. The largest absolute Gasteiger partial charge is 0.421 e. The Bertz CT molecular complexity index is 1910. The minimum absolute atomic E-state index is 0.109. The maximum Gasteiger partial charge on any atom is 0.343 e. The molecule has 0 saturated carbocycles. The summed E-state index contributed by atoms with van der Waals surface area (Å²) in [7, 11) is 0. The summed E-state index contributed by atoms with van der Waals surface area (Å²) in [5.41, 5.74) is 4.91. The lowest BCUT2D eigenvalue weighted by atomic mass is 10.0. The van der Waals surface area contributed by atoms with Crippen molar-refractivity contribution in [3.8, 4) is 16.9 Å². The van der Waals surface area contributed by atoms with Crippen molar-refractivity contribution >= 4 is 89.7 Å². The lowest BCUT2D eigenvalue weighted by molar-refractivity contribution is -0.384. The summed E-state index contributed by atoms with van der Waals surface area (Å²) in [6.45, 7) is 0. The quantitative estimate of drug-likeness (QED) is 0.0571. The van der Waals surface area contributed by atoms with Crippen LogP contribution in [0.5, 0.6) is 5.75 Å². The normalized spacial score (nSPS) is 11.1. The Morgan fingerprint density at radius 3 is 2.45 bits per heavy atom. The van der Waals surface area contributed by atoms with Crippen molar-refractivity contribution in [1.29, 1.82) is 0 Å². The van der Waals surface area contributed by atoms with Gasteiger partial charge in [0, 0.05) is 54.2 Å². The Kier molecular flexibility index (Phi) is 8.74. The number of fused-ring (bicyclic) bond motifs is 1. The summed E-state index contributed by atoms with van der Waals surface area (Å²) in [6, 6.07) is 20.7. The van der Waals surface area contributed by atoms with Gasteiger partial charge in [0.1, 0.15) is 5.69 Å². The first kappa shape index (κ1) is 29.5. The summed E-state index contributed by atoms with van der Waals surface area (Å²) >= 11 is 19.5. The number of amides is 1. The second-order valence-electron chi connectivity index (χ2n) is 8.74. The van der Waals surface area contributed by atoms with Gasteiger partial charge < -0.3 is 9.72 Å². The van der Waals surface area contributed by atoms with Gasteiger partial charge in [0.25, 0.3) is 11.6 Å². The van der Waals surface area contributed by atoms with E-state index in [2.05, 4.69) is 47.4 Å². The zero-order chi connectivity index (χ0) is 30.0. The van der Waals surface area contributed by atoms with E-state index >= 15 is 0 Å². The molecule has 5 aromatic rings. The highest BCUT2D eigenvalue weighted by molar-refractivity contribution is 9.11. The van der Waals surface area contributed by atoms with Gasteiger partial charge in [0.2, 0.25) is 0 Å². The van der Waals surface area contributed by atoms with E-state index in [0.29, 0.717) is 46.6 Å². The van der Waals surface area contributed by atoms with Crippen LogP contribution in [0.4, 0.5) is 5.69 Å². The van der Waals surface area contributed by atoms with Crippen LogP contribution in [0.1, 0.15) is 26.4 Å². The predicted octanol–water partition coefficient (Wildman–Crippen LogP) is 8.56. The Hall–Kier alpha value is -4.03. The number of H-pyrrole nitrogens is 1. The fraction of sp³-hybridized carbons (Fsp3) is 0. The standard InChI is InChI=1S/C29H16Br2Cl2N4O5/c30-17-11-16(27(22(31)12-17)42-29(39)15-5-8-19(9-6-15)37(40)41)14-34-36-28(38)26-25(20-3-1-2-4-23(20)33)21-13-18(32)7-10-24(21)35-26/h1-14,35H,(H,36,38). The van der Waals surface area contributed by atoms with Crippen molar-refractivity contribution in [2.24, 2.45) is 5.10 Å². The Labute approximate surface area is 264 Å². The van der Waals surface area contributed by atoms with Gasteiger partial charge >= 0.3 is 5.97 Å². The van der Waals surface area contributed by atoms with E-state index < -0.39 is 16.8 Å². The molecule has 1 heterocycles. The predicted molar refractivity (Wildman–Crippen MR) is 169 cm³/mol. The summed E-state index contributed by atoms with van der Waals surface area (Å²) in [5.74, 6) is -1.17. The number of ether oxygens (including phenoxy) is 1.